The van der Waals surface area contributed by atoms with Crippen LogP contribution in [0.5, 0.6) is 0 Å². The van der Waals surface area contributed by atoms with E-state index in [4.69, 9.17) is 5.11 Å². The molecule has 1 radical (unpaired) electrons. The molecule has 1 rings (SSSR count). The second-order valence-electron chi connectivity index (χ2n) is 3.18. The van der Waals surface area contributed by atoms with Crippen molar-refractivity contribution >= 4 is 0 Å². The molecule has 0 aliphatic heterocycles. The lowest BCUT2D eigenvalue weighted by molar-refractivity contribution is 0.220. The summed E-state index contributed by atoms with van der Waals surface area (Å²) in [6.45, 7) is 4.41. The average Bonchev–Trinajstić information content (AvgIpc) is 2.16. The van der Waals surface area contributed by atoms with Crippen LogP contribution in [0.4, 0.5) is 0 Å². The normalized spacial score (nSPS) is 24.7. The number of aliphatic hydroxyl groups excluding tert-OH is 1. The number of rotatable bonds is 2. The molecule has 0 bridgehead atoms. The van der Waals surface area contributed by atoms with E-state index in [1.807, 2.05) is 0 Å². The van der Waals surface area contributed by atoms with Gasteiger partial charge in [0.15, 0.2) is 0 Å². The molecule has 0 unspecified atom stereocenters. The van der Waals surface area contributed by atoms with E-state index in [-0.39, 0.29) is 5.41 Å². The van der Waals surface area contributed by atoms with Gasteiger partial charge in [-0.05, 0) is 31.6 Å². The van der Waals surface area contributed by atoms with E-state index in [9.17, 15) is 0 Å². The van der Waals surface area contributed by atoms with Crippen LogP contribution in [0, 0.1) is 12.3 Å². The third-order valence-electron chi connectivity index (χ3n) is 2.31. The van der Waals surface area contributed by atoms with Crippen LogP contribution in [0.2, 0.25) is 0 Å². The minimum atomic E-state index is 0.245. The van der Waals surface area contributed by atoms with Crippen molar-refractivity contribution in [2.24, 2.45) is 5.41 Å². The Balaban J connectivity index is 2.32. The van der Waals surface area contributed by atoms with E-state index in [0.717, 1.165) is 6.42 Å². The Hall–Kier alpha value is -0.0400. The highest BCUT2D eigenvalue weighted by Crippen LogP contribution is 2.39. The molecule has 1 aliphatic carbocycles. The van der Waals surface area contributed by atoms with E-state index in [1.54, 1.807) is 0 Å². The van der Waals surface area contributed by atoms with Gasteiger partial charge in [0.25, 0.3) is 0 Å². The molecule has 1 nitrogen and oxygen atoms in total. The molecule has 9 heavy (non-hydrogen) atoms. The largest absolute Gasteiger partial charge is 0.396 e. The molecule has 53 valence electrons. The second kappa shape index (κ2) is 2.70. The predicted octanol–water partition coefficient (Wildman–Crippen LogP) is 1.76. The molecule has 1 N–H and O–H groups in total. The van der Waals surface area contributed by atoms with Crippen molar-refractivity contribution < 1.29 is 5.11 Å². The van der Waals surface area contributed by atoms with Crippen LogP contribution in [-0.4, -0.2) is 11.7 Å². The quantitative estimate of drug-likeness (QED) is 0.599. The monoisotopic (exact) mass is 127 g/mol. The van der Waals surface area contributed by atoms with Gasteiger partial charge in [-0.3, -0.25) is 0 Å². The van der Waals surface area contributed by atoms with Crippen LogP contribution in [0.25, 0.3) is 0 Å². The summed E-state index contributed by atoms with van der Waals surface area (Å²) in [5.74, 6) is 0. The Bertz CT molecular complexity index is 82.6. The molecule has 0 spiro atoms. The summed E-state index contributed by atoms with van der Waals surface area (Å²) in [5.41, 5.74) is 0.245. The minimum absolute atomic E-state index is 0.245. The highest BCUT2D eigenvalue weighted by atomic mass is 16.3. The van der Waals surface area contributed by atoms with Gasteiger partial charge in [-0.2, -0.15) is 0 Å². The fourth-order valence-electron chi connectivity index (χ4n) is 1.61. The van der Waals surface area contributed by atoms with Crippen molar-refractivity contribution in [1.29, 1.82) is 0 Å². The lowest BCUT2D eigenvalue weighted by atomic mass is 9.86. The third kappa shape index (κ3) is 1.68. The molecule has 0 aromatic heterocycles. The lowest BCUT2D eigenvalue weighted by Gasteiger charge is -2.20. The molecule has 1 aliphatic rings. The van der Waals surface area contributed by atoms with Crippen LogP contribution < -0.4 is 0 Å². The summed E-state index contributed by atoms with van der Waals surface area (Å²) in [6.07, 6.45) is 5.95. The predicted molar refractivity (Wildman–Crippen MR) is 38.0 cm³/mol. The van der Waals surface area contributed by atoms with Crippen molar-refractivity contribution in [3.8, 4) is 0 Å². The topological polar surface area (TPSA) is 20.2 Å². The first-order valence-corrected chi connectivity index (χ1v) is 3.73. The van der Waals surface area contributed by atoms with Gasteiger partial charge < -0.3 is 5.11 Å². The summed E-state index contributed by atoms with van der Waals surface area (Å²) in [7, 11) is 0. The van der Waals surface area contributed by atoms with Gasteiger partial charge in [-0.15, -0.1) is 0 Å². The van der Waals surface area contributed by atoms with E-state index < -0.39 is 0 Å². The van der Waals surface area contributed by atoms with Crippen molar-refractivity contribution in [2.75, 3.05) is 6.61 Å². The van der Waals surface area contributed by atoms with Gasteiger partial charge in [0.1, 0.15) is 0 Å². The molecular formula is C8H15O. The summed E-state index contributed by atoms with van der Waals surface area (Å²) >= 11 is 0. The molecule has 0 saturated heterocycles. The Labute approximate surface area is 57.1 Å². The van der Waals surface area contributed by atoms with Crippen molar-refractivity contribution in [3.05, 3.63) is 6.92 Å². The standard InChI is InChI=1S/C8H15O/c1-8(6-7-9)4-2-3-5-8/h9H,1-7H2. The van der Waals surface area contributed by atoms with Crippen LogP contribution in [0.15, 0.2) is 0 Å². The molecule has 1 saturated carbocycles. The van der Waals surface area contributed by atoms with Gasteiger partial charge >= 0.3 is 0 Å². The molecule has 0 heterocycles. The maximum absolute atomic E-state index is 8.65. The van der Waals surface area contributed by atoms with Crippen molar-refractivity contribution in [3.63, 3.8) is 0 Å². The van der Waals surface area contributed by atoms with E-state index in [1.165, 1.54) is 25.7 Å². The maximum atomic E-state index is 8.65. The zero-order valence-electron chi connectivity index (χ0n) is 5.90. The van der Waals surface area contributed by atoms with Gasteiger partial charge in [0.2, 0.25) is 0 Å². The highest BCUT2D eigenvalue weighted by Gasteiger charge is 2.27. The van der Waals surface area contributed by atoms with E-state index >= 15 is 0 Å². The average molecular weight is 127 g/mol. The first-order valence-electron chi connectivity index (χ1n) is 3.73. The number of aliphatic hydroxyl groups is 1. The fourth-order valence-corrected chi connectivity index (χ4v) is 1.61. The fraction of sp³-hybridized carbons (Fsp3) is 0.875. The summed E-state index contributed by atoms with van der Waals surface area (Å²) in [5, 5.41) is 8.65. The van der Waals surface area contributed by atoms with Crippen LogP contribution in [0.3, 0.4) is 0 Å². The Morgan fingerprint density at radius 2 is 1.89 bits per heavy atom. The molecule has 0 aromatic carbocycles. The summed E-state index contributed by atoms with van der Waals surface area (Å²) < 4.78 is 0. The Morgan fingerprint density at radius 1 is 1.33 bits per heavy atom. The second-order valence-corrected chi connectivity index (χ2v) is 3.18. The van der Waals surface area contributed by atoms with E-state index in [0.29, 0.717) is 6.61 Å². The number of hydrogen-bond donors (Lipinski definition) is 1. The third-order valence-corrected chi connectivity index (χ3v) is 2.31. The minimum Gasteiger partial charge on any atom is -0.396 e. The molecule has 1 fully saturated rings. The Morgan fingerprint density at radius 3 is 2.33 bits per heavy atom. The maximum Gasteiger partial charge on any atom is 0.0436 e. The summed E-state index contributed by atoms with van der Waals surface area (Å²) in [4.78, 5) is 0. The molecule has 1 heteroatoms. The van der Waals surface area contributed by atoms with Crippen LogP contribution >= 0.6 is 0 Å². The number of hydrogen-bond acceptors (Lipinski definition) is 1. The lowest BCUT2D eigenvalue weighted by Crippen LogP contribution is -2.12. The molecule has 0 aromatic rings. The molecular weight excluding hydrogens is 112 g/mol. The van der Waals surface area contributed by atoms with Crippen molar-refractivity contribution in [1.82, 2.24) is 0 Å². The zero-order chi connectivity index (χ0) is 6.74. The SMILES string of the molecule is [CH2]C1(CCO)CCCC1. The van der Waals surface area contributed by atoms with Crippen molar-refractivity contribution in [2.45, 2.75) is 32.1 Å². The highest BCUT2D eigenvalue weighted by molar-refractivity contribution is 4.86. The first kappa shape index (κ1) is 7.07. The van der Waals surface area contributed by atoms with E-state index in [2.05, 4.69) is 6.92 Å². The molecule has 0 atom stereocenters. The van der Waals surface area contributed by atoms with Crippen LogP contribution in [0.1, 0.15) is 32.1 Å². The zero-order valence-corrected chi connectivity index (χ0v) is 5.90. The smallest absolute Gasteiger partial charge is 0.0436 e. The van der Waals surface area contributed by atoms with Gasteiger partial charge in [-0.25, -0.2) is 0 Å². The van der Waals surface area contributed by atoms with Gasteiger partial charge in [0, 0.05) is 6.61 Å². The first-order chi connectivity index (χ1) is 4.27. The summed E-state index contributed by atoms with van der Waals surface area (Å²) in [6, 6.07) is 0. The Kier molecular flexibility index (Phi) is 2.12. The van der Waals surface area contributed by atoms with Gasteiger partial charge in [-0.1, -0.05) is 12.8 Å². The van der Waals surface area contributed by atoms with Crippen LogP contribution in [-0.2, 0) is 0 Å². The molecule has 0 amide bonds. The van der Waals surface area contributed by atoms with Gasteiger partial charge in [0.05, 0.1) is 0 Å².